The number of imidazole rings is 1. The Morgan fingerprint density at radius 1 is 1.50 bits per heavy atom. The number of nitrogens with zero attached hydrogens (tertiary/aromatic N) is 2. The van der Waals surface area contributed by atoms with E-state index in [1.807, 2.05) is 13.3 Å². The Bertz CT molecular complexity index is 600. The van der Waals surface area contributed by atoms with Crippen LogP contribution in [-0.2, 0) is 11.8 Å². The quantitative estimate of drug-likeness (QED) is 0.918. The number of halogens is 1. The van der Waals surface area contributed by atoms with Crippen LogP contribution in [0, 0.1) is 5.82 Å². The molecule has 0 aliphatic carbocycles. The van der Waals surface area contributed by atoms with Gasteiger partial charge >= 0.3 is 0 Å². The summed E-state index contributed by atoms with van der Waals surface area (Å²) in [5.41, 5.74) is 0.413. The Balaban J connectivity index is 2.37. The van der Waals surface area contributed by atoms with Crippen molar-refractivity contribution in [1.29, 1.82) is 0 Å². The van der Waals surface area contributed by atoms with Crippen LogP contribution in [0.25, 0.3) is 0 Å². The van der Waals surface area contributed by atoms with Crippen molar-refractivity contribution in [2.24, 2.45) is 7.05 Å². The molecule has 1 N–H and O–H groups in total. The maximum atomic E-state index is 14.0. The van der Waals surface area contributed by atoms with Gasteiger partial charge in [-0.15, -0.1) is 0 Å². The molecule has 0 saturated carbocycles. The number of amides is 1. The van der Waals surface area contributed by atoms with E-state index < -0.39 is 6.04 Å². The molecule has 1 aromatic carbocycles. The Labute approximate surface area is 121 Å². The third kappa shape index (κ3) is 3.19. The summed E-state index contributed by atoms with van der Waals surface area (Å²) in [6, 6.07) is 5.82. The van der Waals surface area contributed by atoms with Crippen LogP contribution in [0.1, 0.15) is 17.4 Å². The molecular weight excluding hydrogens is 277 g/mol. The molecular formula is C14H16FN3OS. The normalized spacial score (nSPS) is 12.2. The number of carbonyl (C=O) groups excluding carboxylic acids is 1. The van der Waals surface area contributed by atoms with E-state index in [-0.39, 0.29) is 11.7 Å². The molecule has 1 unspecified atom stereocenters. The highest BCUT2D eigenvalue weighted by Crippen LogP contribution is 2.23. The van der Waals surface area contributed by atoms with Crippen molar-refractivity contribution in [3.05, 3.63) is 53.9 Å². The van der Waals surface area contributed by atoms with Crippen LogP contribution in [0.3, 0.4) is 0 Å². The summed E-state index contributed by atoms with van der Waals surface area (Å²) in [6.45, 7) is 0. The molecule has 1 amide bonds. The number of benzene rings is 1. The Hall–Kier alpha value is -1.82. The van der Waals surface area contributed by atoms with E-state index in [9.17, 15) is 9.18 Å². The topological polar surface area (TPSA) is 46.9 Å². The molecule has 1 atom stereocenters. The largest absolute Gasteiger partial charge is 0.341 e. The van der Waals surface area contributed by atoms with Gasteiger partial charge in [0.25, 0.3) is 0 Å². The van der Waals surface area contributed by atoms with E-state index in [0.29, 0.717) is 17.1 Å². The minimum absolute atomic E-state index is 0.145. The lowest BCUT2D eigenvalue weighted by Gasteiger charge is -2.19. The second kappa shape index (κ2) is 6.56. The van der Waals surface area contributed by atoms with Crippen molar-refractivity contribution in [3.63, 3.8) is 0 Å². The highest BCUT2D eigenvalue weighted by molar-refractivity contribution is 7.99. The first-order chi connectivity index (χ1) is 9.63. The maximum absolute atomic E-state index is 14.0. The standard InChI is InChI=1S/C14H16FN3OS/c1-18-8-7-16-14(18)13(17-12(19)9-20-2)10-5-3-4-6-11(10)15/h3-8,13H,9H2,1-2H3,(H,17,19). The van der Waals surface area contributed by atoms with Crippen molar-refractivity contribution in [3.8, 4) is 0 Å². The average Bonchev–Trinajstić information content (AvgIpc) is 2.83. The predicted octanol–water partition coefficient (Wildman–Crippen LogP) is 2.13. The van der Waals surface area contributed by atoms with Crippen molar-refractivity contribution < 1.29 is 9.18 Å². The summed E-state index contributed by atoms with van der Waals surface area (Å²) >= 11 is 1.42. The van der Waals surface area contributed by atoms with Crippen LogP contribution in [0.2, 0.25) is 0 Å². The maximum Gasteiger partial charge on any atom is 0.230 e. The number of carbonyl (C=O) groups is 1. The zero-order valence-electron chi connectivity index (χ0n) is 11.3. The van der Waals surface area contributed by atoms with E-state index in [4.69, 9.17) is 0 Å². The molecule has 1 heterocycles. The van der Waals surface area contributed by atoms with Gasteiger partial charge in [-0.05, 0) is 12.3 Å². The third-order valence-corrected chi connectivity index (χ3v) is 3.46. The molecule has 20 heavy (non-hydrogen) atoms. The van der Waals surface area contributed by atoms with Crippen LogP contribution in [0.4, 0.5) is 4.39 Å². The first kappa shape index (κ1) is 14.6. The molecule has 0 saturated heterocycles. The average molecular weight is 293 g/mol. The first-order valence-corrected chi connectivity index (χ1v) is 7.52. The van der Waals surface area contributed by atoms with Crippen LogP contribution in [0.5, 0.6) is 0 Å². The van der Waals surface area contributed by atoms with Gasteiger partial charge in [-0.3, -0.25) is 4.79 Å². The Morgan fingerprint density at radius 2 is 2.25 bits per heavy atom. The molecule has 0 bridgehead atoms. The smallest absolute Gasteiger partial charge is 0.230 e. The minimum atomic E-state index is -0.587. The fourth-order valence-corrected chi connectivity index (χ4v) is 2.33. The molecule has 0 aliphatic heterocycles. The molecule has 6 heteroatoms. The predicted molar refractivity (Wildman–Crippen MR) is 78.0 cm³/mol. The van der Waals surface area contributed by atoms with Gasteiger partial charge in [0, 0.05) is 25.0 Å². The van der Waals surface area contributed by atoms with Gasteiger partial charge in [-0.2, -0.15) is 11.8 Å². The first-order valence-electron chi connectivity index (χ1n) is 6.13. The second-order valence-corrected chi connectivity index (χ2v) is 5.22. The lowest BCUT2D eigenvalue weighted by atomic mass is 10.1. The van der Waals surface area contributed by atoms with Gasteiger partial charge in [0.05, 0.1) is 5.75 Å². The molecule has 2 rings (SSSR count). The van der Waals surface area contributed by atoms with Gasteiger partial charge < -0.3 is 9.88 Å². The van der Waals surface area contributed by atoms with E-state index in [1.165, 1.54) is 17.8 Å². The number of aromatic nitrogens is 2. The number of hydrogen-bond acceptors (Lipinski definition) is 3. The molecule has 0 aliphatic rings. The van der Waals surface area contributed by atoms with Crippen molar-refractivity contribution in [2.45, 2.75) is 6.04 Å². The van der Waals surface area contributed by atoms with Crippen LogP contribution in [-0.4, -0.2) is 27.5 Å². The summed E-state index contributed by atoms with van der Waals surface area (Å²) in [5, 5.41) is 2.84. The summed E-state index contributed by atoms with van der Waals surface area (Å²) in [6.07, 6.45) is 5.24. The van der Waals surface area contributed by atoms with Crippen molar-refractivity contribution in [2.75, 3.05) is 12.0 Å². The Morgan fingerprint density at radius 3 is 2.85 bits per heavy atom. The molecule has 106 valence electrons. The fourth-order valence-electron chi connectivity index (χ4n) is 1.98. The zero-order valence-corrected chi connectivity index (χ0v) is 12.2. The number of nitrogens with one attached hydrogen (secondary N) is 1. The summed E-state index contributed by atoms with van der Waals surface area (Å²) in [7, 11) is 1.82. The van der Waals surface area contributed by atoms with Gasteiger partial charge in [-0.25, -0.2) is 9.37 Å². The highest BCUT2D eigenvalue weighted by atomic mass is 32.2. The van der Waals surface area contributed by atoms with Crippen LogP contribution >= 0.6 is 11.8 Å². The second-order valence-electron chi connectivity index (χ2n) is 4.35. The van der Waals surface area contributed by atoms with Gasteiger partial charge in [0.1, 0.15) is 17.7 Å². The van der Waals surface area contributed by atoms with E-state index in [1.54, 1.807) is 35.2 Å². The van der Waals surface area contributed by atoms with Crippen LogP contribution < -0.4 is 5.32 Å². The third-order valence-electron chi connectivity index (χ3n) is 2.91. The highest BCUT2D eigenvalue weighted by Gasteiger charge is 2.23. The lowest BCUT2D eigenvalue weighted by molar-refractivity contribution is -0.119. The summed E-state index contributed by atoms with van der Waals surface area (Å²) in [4.78, 5) is 16.1. The number of thioether (sulfide) groups is 1. The number of aryl methyl sites for hydroxylation is 1. The molecule has 0 spiro atoms. The molecule has 2 aromatic rings. The number of hydrogen-bond donors (Lipinski definition) is 1. The Kier molecular flexibility index (Phi) is 4.79. The zero-order chi connectivity index (χ0) is 14.5. The van der Waals surface area contributed by atoms with Gasteiger partial charge in [0.2, 0.25) is 5.91 Å². The SMILES string of the molecule is CSCC(=O)NC(c1ccccc1F)c1nccn1C. The van der Waals surface area contributed by atoms with Gasteiger partial charge in [-0.1, -0.05) is 18.2 Å². The lowest BCUT2D eigenvalue weighted by Crippen LogP contribution is -2.32. The van der Waals surface area contributed by atoms with Crippen molar-refractivity contribution in [1.82, 2.24) is 14.9 Å². The summed E-state index contributed by atoms with van der Waals surface area (Å²) in [5.74, 6) is 0.429. The monoisotopic (exact) mass is 293 g/mol. The fraction of sp³-hybridized carbons (Fsp3) is 0.286. The van der Waals surface area contributed by atoms with Crippen LogP contribution in [0.15, 0.2) is 36.7 Å². The van der Waals surface area contributed by atoms with E-state index >= 15 is 0 Å². The molecule has 0 fully saturated rings. The molecule has 1 aromatic heterocycles. The van der Waals surface area contributed by atoms with Gasteiger partial charge in [0.15, 0.2) is 0 Å². The minimum Gasteiger partial charge on any atom is -0.341 e. The number of rotatable bonds is 5. The summed E-state index contributed by atoms with van der Waals surface area (Å²) < 4.78 is 15.8. The molecule has 0 radical (unpaired) electrons. The van der Waals surface area contributed by atoms with Crippen molar-refractivity contribution >= 4 is 17.7 Å². The van der Waals surface area contributed by atoms with E-state index in [0.717, 1.165) is 0 Å². The van der Waals surface area contributed by atoms with E-state index in [2.05, 4.69) is 10.3 Å². The molecule has 4 nitrogen and oxygen atoms in total.